The van der Waals surface area contributed by atoms with E-state index in [-0.39, 0.29) is 15.8 Å². The van der Waals surface area contributed by atoms with Crippen LogP contribution >= 0.6 is 0 Å². The van der Waals surface area contributed by atoms with E-state index in [4.69, 9.17) is 5.73 Å². The lowest BCUT2D eigenvalue weighted by molar-refractivity contribution is 1.14. The molecule has 45 valence electrons. The first-order valence-corrected chi connectivity index (χ1v) is 2.12. The summed E-state index contributed by atoms with van der Waals surface area (Å²) >= 11 is 0. The lowest BCUT2D eigenvalue weighted by atomic mass is 10.8. The third-order valence-corrected chi connectivity index (χ3v) is 0. The zero-order chi connectivity index (χ0) is 4.71. The van der Waals surface area contributed by atoms with E-state index in [2.05, 4.69) is 0 Å². The van der Waals surface area contributed by atoms with Crippen LogP contribution in [0.3, 0.4) is 0 Å². The normalized spacial score (nSPS) is 3.43. The second kappa shape index (κ2) is 145. The van der Waals surface area contributed by atoms with Gasteiger partial charge in [-0.15, -0.1) is 0 Å². The van der Waals surface area contributed by atoms with Gasteiger partial charge in [0.1, 0.15) is 0 Å². The second-order valence-electron chi connectivity index (χ2n) is 0.408. The highest BCUT2D eigenvalue weighted by molar-refractivity contribution is 5.75. The van der Waals surface area contributed by atoms with E-state index in [1.54, 1.807) is 0 Å². The minimum atomic E-state index is 0. The average Bonchev–Trinajstić information content (AvgIpc) is 1.46. The van der Waals surface area contributed by atoms with Gasteiger partial charge in [-0.3, -0.25) is 0 Å². The predicted octanol–water partition coefficient (Wildman–Crippen LogP) is 1.25. The van der Waals surface area contributed by atoms with E-state index in [0.717, 1.165) is 6.54 Å². The molecule has 0 aliphatic rings. The van der Waals surface area contributed by atoms with Gasteiger partial charge in [-0.05, 0) is 6.54 Å². The summed E-state index contributed by atoms with van der Waals surface area (Å²) in [5, 5.41) is 0. The van der Waals surface area contributed by atoms with Crippen molar-refractivity contribution < 1.29 is 0 Å². The molecule has 0 bridgehead atoms. The zero-order valence-corrected chi connectivity index (χ0v) is 4.86. The minimum Gasteiger partial charge on any atom is -0.331 e. The summed E-state index contributed by atoms with van der Waals surface area (Å²) in [5.74, 6) is 0. The number of rotatable bonds is 0. The van der Waals surface area contributed by atoms with Gasteiger partial charge < -0.3 is 5.73 Å². The van der Waals surface area contributed by atoms with Crippen molar-refractivity contribution in [2.75, 3.05) is 6.54 Å². The molecule has 0 aromatic carbocycles. The van der Waals surface area contributed by atoms with Crippen molar-refractivity contribution in [1.82, 2.24) is 0 Å². The minimum absolute atomic E-state index is 0. The third kappa shape index (κ3) is 157000. The summed E-state index contributed by atoms with van der Waals surface area (Å²) in [6.07, 6.45) is 0. The summed E-state index contributed by atoms with van der Waals surface area (Å²) in [5.41, 5.74) is 4.85. The van der Waals surface area contributed by atoms with Crippen molar-refractivity contribution in [3.63, 3.8) is 0 Å². The molecule has 2 N–H and O–H groups in total. The van der Waals surface area contributed by atoms with E-state index in [1.807, 2.05) is 20.8 Å². The molecule has 0 saturated heterocycles. The lowest BCUT2D eigenvalue weighted by Gasteiger charge is -1.53. The molecule has 7 heavy (non-hydrogen) atoms. The van der Waals surface area contributed by atoms with Crippen molar-refractivity contribution >= 4 is 8.41 Å². The molecule has 0 amide bonds. The van der Waals surface area contributed by atoms with Gasteiger partial charge in [0.05, 0.1) is 0 Å². The molecule has 0 rings (SSSR count). The summed E-state index contributed by atoms with van der Waals surface area (Å²) in [6.45, 7) is 6.65. The SMILES string of the molecule is C.CC.CCN.[B]. The maximum atomic E-state index is 4.85. The van der Waals surface area contributed by atoms with Crippen molar-refractivity contribution in [1.29, 1.82) is 0 Å². The highest BCUT2D eigenvalue weighted by atomic mass is 14.5. The first-order valence-electron chi connectivity index (χ1n) is 2.12. The van der Waals surface area contributed by atoms with Crippen LogP contribution in [0.4, 0.5) is 0 Å². The summed E-state index contributed by atoms with van der Waals surface area (Å²) < 4.78 is 0. The third-order valence-electron chi connectivity index (χ3n) is 0. The van der Waals surface area contributed by atoms with Crippen LogP contribution < -0.4 is 5.73 Å². The molecule has 0 unspecified atom stereocenters. The molecular weight excluding hydrogens is 84.9 g/mol. The van der Waals surface area contributed by atoms with Gasteiger partial charge in [0, 0.05) is 8.41 Å². The molecule has 0 spiro atoms. The van der Waals surface area contributed by atoms with Gasteiger partial charge in [0.2, 0.25) is 0 Å². The van der Waals surface area contributed by atoms with E-state index in [9.17, 15) is 0 Å². The standard InChI is InChI=1S/C2H7N.C2H6.CH4.B/c1-2-3;1-2;;/h2-3H2,1H3;1-2H3;1H4;. The molecule has 2 heteroatoms. The van der Waals surface area contributed by atoms with Crippen molar-refractivity contribution in [2.24, 2.45) is 5.73 Å². The first kappa shape index (κ1) is 27.9. The molecule has 0 saturated carbocycles. The van der Waals surface area contributed by atoms with Gasteiger partial charge in [0.15, 0.2) is 0 Å². The maximum absolute atomic E-state index is 4.85. The number of nitrogens with two attached hydrogens (primary N) is 1. The monoisotopic (exact) mass is 102 g/mol. The van der Waals surface area contributed by atoms with Crippen LogP contribution in [0.25, 0.3) is 0 Å². The fourth-order valence-corrected chi connectivity index (χ4v) is 0. The fourth-order valence-electron chi connectivity index (χ4n) is 0. The topological polar surface area (TPSA) is 26.0 Å². The van der Waals surface area contributed by atoms with E-state index in [0.29, 0.717) is 0 Å². The Kier molecular flexibility index (Phi) is 577. The molecule has 1 nitrogen and oxygen atoms in total. The van der Waals surface area contributed by atoms with Gasteiger partial charge in [0.25, 0.3) is 0 Å². The fraction of sp³-hybridized carbons (Fsp3) is 1.00. The molecule has 0 aromatic heterocycles. The Hall–Kier alpha value is 0.0249. The molecular formula is C5H17BN. The molecule has 0 atom stereocenters. The van der Waals surface area contributed by atoms with Gasteiger partial charge in [-0.1, -0.05) is 28.2 Å². The van der Waals surface area contributed by atoms with Crippen LogP contribution in [0.5, 0.6) is 0 Å². The van der Waals surface area contributed by atoms with Gasteiger partial charge >= 0.3 is 0 Å². The second-order valence-corrected chi connectivity index (χ2v) is 0.408. The lowest BCUT2D eigenvalue weighted by Crippen LogP contribution is -1.87. The van der Waals surface area contributed by atoms with E-state index in [1.165, 1.54) is 0 Å². The van der Waals surface area contributed by atoms with E-state index >= 15 is 0 Å². The van der Waals surface area contributed by atoms with Gasteiger partial charge in [-0.2, -0.15) is 0 Å². The summed E-state index contributed by atoms with van der Waals surface area (Å²) in [6, 6.07) is 0. The maximum Gasteiger partial charge on any atom is 0 e. The Bertz CT molecular complexity index is 8.04. The molecule has 3 radical (unpaired) electrons. The molecule has 0 heterocycles. The molecule has 0 fully saturated rings. The van der Waals surface area contributed by atoms with Crippen LogP contribution in [-0.4, -0.2) is 15.0 Å². The molecule has 0 aliphatic heterocycles. The van der Waals surface area contributed by atoms with Crippen molar-refractivity contribution in [2.45, 2.75) is 28.2 Å². The van der Waals surface area contributed by atoms with Crippen molar-refractivity contribution in [3.05, 3.63) is 0 Å². The Morgan fingerprint density at radius 2 is 1.29 bits per heavy atom. The van der Waals surface area contributed by atoms with Crippen LogP contribution in [0.1, 0.15) is 28.2 Å². The van der Waals surface area contributed by atoms with Crippen LogP contribution in [-0.2, 0) is 0 Å². The average molecular weight is 102 g/mol. The first-order chi connectivity index (χ1) is 2.41. The molecule has 0 aromatic rings. The molecule has 0 aliphatic carbocycles. The number of hydrogen-bond acceptors (Lipinski definition) is 1. The predicted molar refractivity (Wildman–Crippen MR) is 38.6 cm³/mol. The highest BCUT2D eigenvalue weighted by Crippen LogP contribution is 1.20. The van der Waals surface area contributed by atoms with Crippen molar-refractivity contribution in [3.8, 4) is 0 Å². The van der Waals surface area contributed by atoms with Crippen LogP contribution in [0, 0.1) is 0 Å². The Morgan fingerprint density at radius 1 is 1.29 bits per heavy atom. The van der Waals surface area contributed by atoms with Crippen LogP contribution in [0.15, 0.2) is 0 Å². The summed E-state index contributed by atoms with van der Waals surface area (Å²) in [4.78, 5) is 0. The Labute approximate surface area is 49.9 Å². The largest absolute Gasteiger partial charge is 0.331 e. The quantitative estimate of drug-likeness (QED) is 0.457. The Morgan fingerprint density at radius 3 is 1.29 bits per heavy atom. The van der Waals surface area contributed by atoms with E-state index < -0.39 is 0 Å². The van der Waals surface area contributed by atoms with Crippen LogP contribution in [0.2, 0.25) is 0 Å². The Balaban J connectivity index is -0.0000000105. The van der Waals surface area contributed by atoms with Gasteiger partial charge in [-0.25, -0.2) is 0 Å². The summed E-state index contributed by atoms with van der Waals surface area (Å²) in [7, 11) is 0. The number of hydrogen-bond donors (Lipinski definition) is 1. The smallest absolute Gasteiger partial charge is 0 e. The zero-order valence-electron chi connectivity index (χ0n) is 4.86. The highest BCUT2D eigenvalue weighted by Gasteiger charge is 1.32.